The summed E-state index contributed by atoms with van der Waals surface area (Å²) >= 11 is 3.38. The van der Waals surface area contributed by atoms with Crippen LogP contribution in [0.25, 0.3) is 84.9 Å². The summed E-state index contributed by atoms with van der Waals surface area (Å²) in [5.74, 6) is 0. The van der Waals surface area contributed by atoms with Gasteiger partial charge >= 0.3 is 0 Å². The van der Waals surface area contributed by atoms with Gasteiger partial charge in [-0.15, -0.1) is 22.7 Å². The molecule has 0 radical (unpaired) electrons. The normalized spacial score (nSPS) is 15.1. The number of anilines is 12. The first-order valence-corrected chi connectivity index (χ1v) is 44.6. The maximum atomic E-state index is 9.84. The Morgan fingerprint density at radius 1 is 0.180 bits per heavy atom. The van der Waals surface area contributed by atoms with Crippen molar-refractivity contribution in [1.29, 1.82) is 0 Å². The highest BCUT2D eigenvalue weighted by atomic mass is 32.1. The average molecular weight is 1680 g/mol. The minimum Gasteiger partial charge on any atom is -0.310 e. The zero-order valence-electron chi connectivity index (χ0n) is 79.3. The van der Waals surface area contributed by atoms with E-state index in [4.69, 9.17) is 5.48 Å². The van der Waals surface area contributed by atoms with Crippen molar-refractivity contribution in [3.05, 3.63) is 554 Å². The summed E-state index contributed by atoms with van der Waals surface area (Å²) in [5.41, 5.74) is 22.3. The largest absolute Gasteiger partial charge is 0.310 e. The van der Waals surface area contributed by atoms with Crippen LogP contribution in [-0.4, -0.2) is 0 Å². The number of nitrogens with zero attached hydrogens (tertiary/aromatic N) is 4. The highest BCUT2D eigenvalue weighted by Crippen LogP contribution is 2.63. The topological polar surface area (TPSA) is 13.0 Å². The molecule has 0 bridgehead atoms. The van der Waals surface area contributed by atoms with Crippen molar-refractivity contribution >= 4 is 131 Å². The second-order valence-electron chi connectivity index (χ2n) is 32.2. The van der Waals surface area contributed by atoms with Gasteiger partial charge in [0.15, 0.2) is 0 Å². The van der Waals surface area contributed by atoms with E-state index in [1.807, 2.05) is 127 Å². The molecule has 2 aromatic heterocycles. The van der Waals surface area contributed by atoms with Crippen LogP contribution < -0.4 is 19.6 Å². The molecule has 0 spiro atoms. The van der Waals surface area contributed by atoms with Crippen molar-refractivity contribution in [2.75, 3.05) is 19.6 Å². The van der Waals surface area contributed by atoms with Crippen molar-refractivity contribution in [2.45, 2.75) is 10.8 Å². The van der Waals surface area contributed by atoms with Crippen molar-refractivity contribution < 1.29 is 13.7 Å². The van der Waals surface area contributed by atoms with Crippen LogP contribution in [0.15, 0.2) is 509 Å². The third kappa shape index (κ3) is 13.4. The zero-order valence-corrected chi connectivity index (χ0v) is 71.0. The molecule has 604 valence electrons. The van der Waals surface area contributed by atoms with Crippen LogP contribution in [0.4, 0.5) is 68.2 Å². The Bertz CT molecular complexity index is 8320. The lowest BCUT2D eigenvalue weighted by atomic mass is 9.67. The number of para-hydroxylation sites is 6. The van der Waals surface area contributed by atoms with Crippen LogP contribution >= 0.6 is 22.7 Å². The number of thiophene rings is 2. The molecule has 2 heterocycles. The summed E-state index contributed by atoms with van der Waals surface area (Å²) in [4.78, 5) is 9.00. The lowest BCUT2D eigenvalue weighted by molar-refractivity contribution is 0.770. The summed E-state index contributed by atoms with van der Waals surface area (Å²) in [6, 6.07) is 152. The number of fused-ring (bicyclic) bond motifs is 12. The van der Waals surface area contributed by atoms with E-state index < -0.39 is 22.9 Å². The SMILES string of the molecule is [2H]c1c([2H])c([2H])c(C2(c3ccc4c(c3)sc3ccccc34)c3ccc(N(c4ccccc4)c4ccccc4)cc3-c3cc(N(c4ccccc4)c4ccc(-c5ccccc5)cc4)ccc32)c([2H])c1[2H].[2H]c1c([2H])c([2H])c(C2(c3cccc4c3sc3ccccc34)c3ccc(N(c4ccccc4)c4ccccc4)cc3-c3cc(N(c4ccccc4)c4ccc(-c5ccccc5)cc4)ccc32)c([2H])c1[2H]. The molecule has 4 nitrogen and oxygen atoms in total. The molecule has 0 amide bonds. The summed E-state index contributed by atoms with van der Waals surface area (Å²) < 4.78 is 97.7. The van der Waals surface area contributed by atoms with Gasteiger partial charge in [0.2, 0.25) is 0 Å². The number of hydrogen-bond donors (Lipinski definition) is 0. The predicted octanol–water partition coefficient (Wildman–Crippen LogP) is 34.0. The molecule has 2 unspecified atom stereocenters. The molecular weight excluding hydrogens is 1590 g/mol. The molecule has 0 fully saturated rings. The van der Waals surface area contributed by atoms with E-state index >= 15 is 0 Å². The summed E-state index contributed by atoms with van der Waals surface area (Å²) in [5, 5.41) is 4.43. The first kappa shape index (κ1) is 66.6. The van der Waals surface area contributed by atoms with Gasteiger partial charge in [-0.05, 0) is 253 Å². The lowest BCUT2D eigenvalue weighted by Gasteiger charge is -2.35. The van der Waals surface area contributed by atoms with Crippen molar-refractivity contribution in [2.24, 2.45) is 0 Å². The van der Waals surface area contributed by atoms with E-state index in [1.165, 1.54) is 0 Å². The Morgan fingerprint density at radius 3 is 0.836 bits per heavy atom. The minimum atomic E-state index is -1.35. The predicted molar refractivity (Wildman–Crippen MR) is 543 cm³/mol. The lowest BCUT2D eigenvalue weighted by Crippen LogP contribution is -2.28. The third-order valence-electron chi connectivity index (χ3n) is 25.2. The molecule has 0 N–H and O–H groups in total. The van der Waals surface area contributed by atoms with E-state index in [9.17, 15) is 8.22 Å². The summed E-state index contributed by atoms with van der Waals surface area (Å²) in [6.07, 6.45) is 0. The van der Waals surface area contributed by atoms with Gasteiger partial charge in [0, 0.05) is 109 Å². The molecule has 128 heavy (non-hydrogen) atoms. The second kappa shape index (κ2) is 32.9. The van der Waals surface area contributed by atoms with E-state index in [0.717, 1.165) is 186 Å². The molecular formula is C122H84N4S2. The van der Waals surface area contributed by atoms with Crippen molar-refractivity contribution in [3.63, 3.8) is 0 Å². The smallest absolute Gasteiger partial charge is 0.0727 e. The molecule has 2 atom stereocenters. The van der Waals surface area contributed by atoms with Gasteiger partial charge < -0.3 is 19.6 Å². The molecule has 20 aromatic carbocycles. The van der Waals surface area contributed by atoms with E-state index in [1.54, 1.807) is 22.7 Å². The first-order chi connectivity index (χ1) is 67.6. The Hall–Kier alpha value is -16.0. The molecule has 0 aliphatic heterocycles. The van der Waals surface area contributed by atoms with Crippen molar-refractivity contribution in [3.8, 4) is 44.5 Å². The quantitative estimate of drug-likeness (QED) is 0.0849. The third-order valence-corrected chi connectivity index (χ3v) is 27.5. The minimum absolute atomic E-state index is 0.217. The van der Waals surface area contributed by atoms with Gasteiger partial charge in [0.05, 0.1) is 24.5 Å². The molecule has 2 aliphatic rings. The van der Waals surface area contributed by atoms with Crippen LogP contribution in [0.5, 0.6) is 0 Å². The van der Waals surface area contributed by atoms with Gasteiger partial charge in [-0.2, -0.15) is 0 Å². The molecule has 6 heteroatoms. The Kier molecular flexibility index (Phi) is 17.1. The number of rotatable bonds is 18. The van der Waals surface area contributed by atoms with E-state index in [2.05, 4.69) is 341 Å². The summed E-state index contributed by atoms with van der Waals surface area (Å²) in [6.45, 7) is 0. The highest BCUT2D eigenvalue weighted by Gasteiger charge is 2.50. The van der Waals surface area contributed by atoms with Crippen LogP contribution in [0.3, 0.4) is 0 Å². The Labute approximate surface area is 768 Å². The molecule has 22 aromatic rings. The molecule has 2 aliphatic carbocycles. The summed E-state index contributed by atoms with van der Waals surface area (Å²) in [7, 11) is 0. The number of hydrogen-bond acceptors (Lipinski definition) is 6. The van der Waals surface area contributed by atoms with E-state index in [-0.39, 0.29) is 59.5 Å². The second-order valence-corrected chi connectivity index (χ2v) is 34.3. The van der Waals surface area contributed by atoms with Gasteiger partial charge in [-0.1, -0.05) is 346 Å². The monoisotopic (exact) mass is 1680 g/mol. The number of benzene rings is 20. The molecule has 24 rings (SSSR count). The molecule has 0 saturated heterocycles. The zero-order chi connectivity index (χ0) is 93.6. The van der Waals surface area contributed by atoms with Crippen LogP contribution in [0.1, 0.15) is 58.2 Å². The first-order valence-electron chi connectivity index (χ1n) is 48.0. The van der Waals surface area contributed by atoms with Gasteiger partial charge in [-0.25, -0.2) is 0 Å². The van der Waals surface area contributed by atoms with Gasteiger partial charge in [0.1, 0.15) is 0 Å². The Balaban J connectivity index is 0.000000155. The molecule has 0 saturated carbocycles. The van der Waals surface area contributed by atoms with Crippen LogP contribution in [0.2, 0.25) is 0 Å². The van der Waals surface area contributed by atoms with Crippen LogP contribution in [0, 0.1) is 0 Å². The maximum absolute atomic E-state index is 9.84. The highest BCUT2D eigenvalue weighted by molar-refractivity contribution is 7.26. The van der Waals surface area contributed by atoms with Crippen molar-refractivity contribution in [1.82, 2.24) is 0 Å². The standard InChI is InChI=1S/2C61H42N2S/c1-6-19-43(20-7-1)44-33-35-49(36-34-44)63(48-27-14-5-15-28-48)51-38-40-57-55(42-51)54-41-50(62(46-23-10-3-11-24-46)47-25-12-4-13-26-47)37-39-56(54)61(57,45-21-8-2-9-22-45)58-31-18-30-53-52-29-16-17-32-59(52)64-60(53)58;1-6-18-43(19-7-1)44-30-33-50(34-31-44)63(49-26-14-5-15-27-49)52-36-39-58-56(42-52)55-41-51(62(47-22-10-3-11-23-47)48-24-12-4-13-25-48)35-38-57(55)61(58,45-20-8-2-9-21-45)46-32-37-54-53-28-16-17-29-59(53)64-60(54)40-46/h2*1-42H/i2D,8D,9D,21D,22D;2D,8D,9D,20D,21D. The van der Waals surface area contributed by atoms with Crippen LogP contribution in [-0.2, 0) is 10.8 Å². The Morgan fingerprint density at radius 2 is 0.461 bits per heavy atom. The average Bonchev–Trinajstić information content (AvgIpc) is 1.51. The van der Waals surface area contributed by atoms with E-state index in [0.29, 0.717) is 0 Å². The fourth-order valence-electron chi connectivity index (χ4n) is 19.6. The fourth-order valence-corrected chi connectivity index (χ4v) is 22.0. The van der Waals surface area contributed by atoms with Gasteiger partial charge in [-0.3, -0.25) is 0 Å². The fraction of sp³-hybridized carbons (Fsp3) is 0.0164. The maximum Gasteiger partial charge on any atom is 0.0727 e. The van der Waals surface area contributed by atoms with Gasteiger partial charge in [0.25, 0.3) is 0 Å².